The van der Waals surface area contributed by atoms with Crippen molar-refractivity contribution in [2.24, 2.45) is 17.6 Å². The van der Waals surface area contributed by atoms with Crippen LogP contribution in [-0.4, -0.2) is 93.7 Å². The number of ether oxygens (including phenoxy) is 1. The fraction of sp³-hybridized carbons (Fsp3) is 0.629. The third kappa shape index (κ3) is 6.15. The normalized spacial score (nSPS) is 27.0. The number of sulfone groups is 1. The third-order valence-corrected chi connectivity index (χ3v) is 13.7. The van der Waals surface area contributed by atoms with Crippen LogP contribution < -0.4 is 10.6 Å². The lowest BCUT2D eigenvalue weighted by atomic mass is 9.58. The first kappa shape index (κ1) is 31.8. The summed E-state index contributed by atoms with van der Waals surface area (Å²) in [4.78, 5) is 18.9. The quantitative estimate of drug-likeness (QED) is 0.367. The van der Waals surface area contributed by atoms with Gasteiger partial charge in [0.2, 0.25) is 0 Å². The first-order valence-corrected chi connectivity index (χ1v) is 18.6. The van der Waals surface area contributed by atoms with Crippen LogP contribution in [0.5, 0.6) is 0 Å². The Hall–Kier alpha value is -2.76. The van der Waals surface area contributed by atoms with Crippen LogP contribution in [0.1, 0.15) is 56.9 Å². The van der Waals surface area contributed by atoms with Gasteiger partial charge in [0, 0.05) is 30.1 Å². The second-order valence-electron chi connectivity index (χ2n) is 14.5. The number of hydrogen-bond donors (Lipinski definition) is 1. The maximum atomic E-state index is 16.0. The van der Waals surface area contributed by atoms with Crippen molar-refractivity contribution in [2.45, 2.75) is 78.7 Å². The number of nitrogens with two attached hydrogens (primary N) is 1. The molecule has 0 radical (unpaired) electrons. The van der Waals surface area contributed by atoms with Crippen molar-refractivity contribution in [1.29, 1.82) is 0 Å². The highest BCUT2D eigenvalue weighted by molar-refractivity contribution is 7.92. The lowest BCUT2D eigenvalue weighted by molar-refractivity contribution is -0.0206. The molecule has 0 aromatic heterocycles. The summed E-state index contributed by atoms with van der Waals surface area (Å²) < 4.78 is 61.7. The molecule has 7 rings (SSSR count). The average molecular weight is 657 g/mol. The van der Waals surface area contributed by atoms with Crippen LogP contribution in [0.4, 0.5) is 19.3 Å². The Morgan fingerprint density at radius 2 is 1.65 bits per heavy atom. The molecule has 3 saturated heterocycles. The van der Waals surface area contributed by atoms with Crippen molar-refractivity contribution >= 4 is 21.6 Å². The summed E-state index contributed by atoms with van der Waals surface area (Å²) in [6.45, 7) is 5.18. The second kappa shape index (κ2) is 12.4. The summed E-state index contributed by atoms with van der Waals surface area (Å²) in [7, 11) is -3.24. The zero-order chi connectivity index (χ0) is 32.1. The molecule has 5 fully saturated rings. The highest BCUT2D eigenvalue weighted by atomic mass is 32.2. The van der Waals surface area contributed by atoms with Crippen LogP contribution in [0.15, 0.2) is 53.4 Å². The Bertz CT molecular complexity index is 1520. The van der Waals surface area contributed by atoms with E-state index in [1.54, 1.807) is 36.4 Å². The number of likely N-dealkylation sites (tertiary alicyclic amines) is 2. The van der Waals surface area contributed by atoms with E-state index in [1.165, 1.54) is 6.07 Å². The van der Waals surface area contributed by atoms with E-state index < -0.39 is 27.0 Å². The van der Waals surface area contributed by atoms with Gasteiger partial charge < -0.3 is 20.3 Å². The Balaban J connectivity index is 1.04. The zero-order valence-electron chi connectivity index (χ0n) is 26.5. The number of halogens is 2. The summed E-state index contributed by atoms with van der Waals surface area (Å²) >= 11 is 0. The number of carbonyl (C=O) groups is 1. The molecule has 46 heavy (non-hydrogen) atoms. The van der Waals surface area contributed by atoms with Gasteiger partial charge in [-0.3, -0.25) is 4.90 Å². The number of amides is 1. The molecule has 5 aliphatic rings. The first-order valence-electron chi connectivity index (χ1n) is 17.0. The van der Waals surface area contributed by atoms with Gasteiger partial charge in [0.15, 0.2) is 15.5 Å². The molecular weight excluding hydrogens is 610 g/mol. The van der Waals surface area contributed by atoms with Crippen molar-refractivity contribution in [3.05, 3.63) is 59.9 Å². The zero-order valence-corrected chi connectivity index (χ0v) is 27.3. The van der Waals surface area contributed by atoms with Crippen molar-refractivity contribution in [1.82, 2.24) is 9.80 Å². The Kier molecular flexibility index (Phi) is 8.55. The van der Waals surface area contributed by atoms with Gasteiger partial charge >= 0.3 is 6.09 Å². The van der Waals surface area contributed by atoms with Crippen molar-refractivity contribution in [2.75, 3.05) is 57.3 Å². The molecule has 11 heteroatoms. The number of alkyl halides is 1. The predicted octanol–water partition coefficient (Wildman–Crippen LogP) is 4.91. The maximum Gasteiger partial charge on any atom is 0.404 e. The number of nitrogens with zero attached hydrogens (tertiary/aromatic N) is 3. The minimum atomic E-state index is -3.24. The fourth-order valence-corrected chi connectivity index (χ4v) is 10.6. The predicted molar refractivity (Wildman–Crippen MR) is 173 cm³/mol. The topological polar surface area (TPSA) is 96.2 Å². The van der Waals surface area contributed by atoms with Crippen LogP contribution in [0, 0.1) is 17.7 Å². The smallest absolute Gasteiger partial charge is 0.404 e. The average Bonchev–Trinajstić information content (AvgIpc) is 3.77. The number of anilines is 1. The van der Waals surface area contributed by atoms with Crippen LogP contribution >= 0.6 is 0 Å². The van der Waals surface area contributed by atoms with Gasteiger partial charge in [0.05, 0.1) is 23.2 Å². The highest BCUT2D eigenvalue weighted by Crippen LogP contribution is 2.52. The van der Waals surface area contributed by atoms with Crippen LogP contribution in [0.3, 0.4) is 0 Å². The van der Waals surface area contributed by atoms with Crippen LogP contribution in [0.2, 0.25) is 0 Å². The minimum absolute atomic E-state index is 0.0253. The van der Waals surface area contributed by atoms with Crippen molar-refractivity contribution < 1.29 is 26.7 Å². The molecule has 2 aliphatic carbocycles. The van der Waals surface area contributed by atoms with E-state index in [9.17, 15) is 17.6 Å². The summed E-state index contributed by atoms with van der Waals surface area (Å²) in [6.07, 6.45) is 5.80. The fourth-order valence-electron chi connectivity index (χ4n) is 8.93. The number of primary amides is 1. The molecule has 0 spiro atoms. The number of rotatable bonds is 11. The summed E-state index contributed by atoms with van der Waals surface area (Å²) in [5.74, 6) is -0.0224. The molecule has 1 amide bonds. The molecule has 0 bridgehead atoms. The van der Waals surface area contributed by atoms with Gasteiger partial charge in [0.1, 0.15) is 11.9 Å². The third-order valence-electron chi connectivity index (χ3n) is 11.4. The van der Waals surface area contributed by atoms with E-state index in [1.807, 2.05) is 11.0 Å². The standard InChI is InChI=1S/C35H46F2N4O4S/c36-27-5-1-4-26(20-27)35(24-39-16-3-17-39,31-6-2-7-32(31)45-33(38)42)25-14-18-40(19-15-25)21-34(37)22-41(23-34)28-8-10-29(11-9-28)46(43,44)30-12-13-30/h1,4-5,8-11,20,25,30-32H,2-3,6-7,12-19,21-24H2,(H2,38,42)/t31-,32-,35-/m0/s1. The molecule has 3 atom stereocenters. The number of carbonyl (C=O) groups excluding carboxylic acids is 1. The number of piperidine rings is 1. The second-order valence-corrected chi connectivity index (χ2v) is 16.7. The SMILES string of the molecule is NC(=O)O[C@H]1CCC[C@@H]1[C@](CN1CCC1)(c1cccc(F)c1)C1CCN(CC2(F)CN(c3ccc(S(=O)(=O)C4CC4)cc3)C2)CC1. The largest absolute Gasteiger partial charge is 0.446 e. The van der Waals surface area contributed by atoms with E-state index in [0.717, 1.165) is 95.3 Å². The molecule has 8 nitrogen and oxygen atoms in total. The van der Waals surface area contributed by atoms with Gasteiger partial charge in [-0.25, -0.2) is 22.0 Å². The molecular formula is C35H46F2N4O4S. The molecule has 2 aromatic rings. The van der Waals surface area contributed by atoms with Gasteiger partial charge in [-0.05, 0) is 125 Å². The molecule has 2 N–H and O–H groups in total. The van der Waals surface area contributed by atoms with Crippen molar-refractivity contribution in [3.8, 4) is 0 Å². The van der Waals surface area contributed by atoms with Gasteiger partial charge in [0.25, 0.3) is 0 Å². The van der Waals surface area contributed by atoms with Gasteiger partial charge in [-0.15, -0.1) is 0 Å². The lowest BCUT2D eigenvalue weighted by Crippen LogP contribution is -2.65. The summed E-state index contributed by atoms with van der Waals surface area (Å²) in [6, 6.07) is 13.9. The minimum Gasteiger partial charge on any atom is -0.446 e. The Morgan fingerprint density at radius 3 is 2.26 bits per heavy atom. The van der Waals surface area contributed by atoms with Gasteiger partial charge in [-0.1, -0.05) is 12.1 Å². The summed E-state index contributed by atoms with van der Waals surface area (Å²) in [5, 5.41) is -0.247. The first-order chi connectivity index (χ1) is 22.1. The molecule has 0 unspecified atom stereocenters. The number of hydrogen-bond acceptors (Lipinski definition) is 7. The summed E-state index contributed by atoms with van der Waals surface area (Å²) in [5.41, 5.74) is 5.60. The molecule has 3 heterocycles. The van der Waals surface area contributed by atoms with E-state index in [2.05, 4.69) is 9.80 Å². The molecule has 2 saturated carbocycles. The monoisotopic (exact) mass is 656 g/mol. The van der Waals surface area contributed by atoms with Crippen molar-refractivity contribution in [3.63, 3.8) is 0 Å². The lowest BCUT2D eigenvalue weighted by Gasteiger charge is -2.54. The molecule has 3 aliphatic heterocycles. The Labute approximate surface area is 271 Å². The molecule has 2 aromatic carbocycles. The van der Waals surface area contributed by atoms with Gasteiger partial charge in [-0.2, -0.15) is 0 Å². The van der Waals surface area contributed by atoms with E-state index >= 15 is 4.39 Å². The van der Waals surface area contributed by atoms with E-state index in [-0.39, 0.29) is 42.1 Å². The van der Waals surface area contributed by atoms with E-state index in [0.29, 0.717) is 11.4 Å². The maximum absolute atomic E-state index is 16.0. The number of benzene rings is 2. The molecule has 250 valence electrons. The Morgan fingerprint density at radius 1 is 0.935 bits per heavy atom. The van der Waals surface area contributed by atoms with Crippen LogP contribution in [0.25, 0.3) is 0 Å². The highest BCUT2D eigenvalue weighted by Gasteiger charge is 2.54. The van der Waals surface area contributed by atoms with E-state index in [4.69, 9.17) is 10.5 Å². The van der Waals surface area contributed by atoms with Crippen LogP contribution in [-0.2, 0) is 20.0 Å².